The quantitative estimate of drug-likeness (QED) is 0.457. The summed E-state index contributed by atoms with van der Waals surface area (Å²) in [6.45, 7) is 2.35. The number of amides is 1. The fraction of sp³-hybridized carbons (Fsp3) is 0.414. The number of rotatable bonds is 9. The smallest absolute Gasteiger partial charge is 0.254 e. The Balaban J connectivity index is 1.77. The van der Waals surface area contributed by atoms with Crippen molar-refractivity contribution in [3.05, 3.63) is 58.6 Å². The van der Waals surface area contributed by atoms with E-state index in [1.54, 1.807) is 31.4 Å². The number of hydrogen-bond donors (Lipinski definition) is 1. The Kier molecular flexibility index (Phi) is 10.4. The molecule has 0 heterocycles. The number of carbonyl (C=O) groups excluding carboxylic acids is 1. The average molecular weight is 494 g/mol. The molecule has 0 radical (unpaired) electrons. The van der Waals surface area contributed by atoms with E-state index in [0.29, 0.717) is 28.7 Å². The van der Waals surface area contributed by atoms with Crippen molar-refractivity contribution in [2.75, 3.05) is 20.3 Å². The molecule has 0 aliphatic heterocycles. The first kappa shape index (κ1) is 26.5. The summed E-state index contributed by atoms with van der Waals surface area (Å²) in [4.78, 5) is 13.3. The summed E-state index contributed by atoms with van der Waals surface area (Å²) >= 11 is 6.02. The Morgan fingerprint density at radius 2 is 1.89 bits per heavy atom. The predicted octanol–water partition coefficient (Wildman–Crippen LogP) is 5.67. The van der Waals surface area contributed by atoms with Crippen molar-refractivity contribution in [1.29, 1.82) is 0 Å². The van der Waals surface area contributed by atoms with E-state index in [1.165, 1.54) is 0 Å². The number of carbonyl (C=O) groups is 1. The van der Waals surface area contributed by atoms with Gasteiger partial charge in [-0.2, -0.15) is 0 Å². The first-order valence-corrected chi connectivity index (χ1v) is 12.3. The van der Waals surface area contributed by atoms with Crippen molar-refractivity contribution in [3.63, 3.8) is 0 Å². The number of benzene rings is 2. The van der Waals surface area contributed by atoms with Gasteiger partial charge in [0.1, 0.15) is 13.2 Å². The molecule has 2 aromatic rings. The molecule has 1 N–H and O–H groups in total. The normalized spacial score (nSPS) is 17.9. The van der Waals surface area contributed by atoms with Crippen LogP contribution in [0.5, 0.6) is 11.5 Å². The van der Waals surface area contributed by atoms with Gasteiger partial charge in [-0.1, -0.05) is 61.4 Å². The minimum atomic E-state index is -0.805. The highest BCUT2D eigenvalue weighted by atomic mass is 35.5. The third-order valence-corrected chi connectivity index (χ3v) is 6.31. The lowest BCUT2D eigenvalue weighted by Crippen LogP contribution is -2.43. The van der Waals surface area contributed by atoms with Gasteiger partial charge in [-0.25, -0.2) is 0 Å². The molecule has 0 aromatic heterocycles. The minimum absolute atomic E-state index is 0.0348. The van der Waals surface area contributed by atoms with E-state index in [4.69, 9.17) is 32.2 Å². The van der Waals surface area contributed by atoms with Crippen LogP contribution < -0.4 is 14.8 Å². The molecule has 1 amide bonds. The molecule has 35 heavy (non-hydrogen) atoms. The van der Waals surface area contributed by atoms with E-state index in [0.717, 1.165) is 37.7 Å². The zero-order chi connectivity index (χ0) is 25.0. The van der Waals surface area contributed by atoms with Crippen LogP contribution in [-0.4, -0.2) is 32.3 Å². The van der Waals surface area contributed by atoms with Gasteiger partial charge in [-0.15, -0.1) is 12.3 Å². The van der Waals surface area contributed by atoms with Gasteiger partial charge in [0.15, 0.2) is 17.6 Å². The molecule has 3 rings (SSSR count). The van der Waals surface area contributed by atoms with Gasteiger partial charge >= 0.3 is 0 Å². The van der Waals surface area contributed by atoms with Crippen LogP contribution in [0.25, 0.3) is 0 Å². The van der Waals surface area contributed by atoms with Crippen LogP contribution in [0.2, 0.25) is 5.02 Å². The summed E-state index contributed by atoms with van der Waals surface area (Å²) in [6, 6.07) is 13.0. The maximum atomic E-state index is 13.3. The Labute approximate surface area is 213 Å². The van der Waals surface area contributed by atoms with Gasteiger partial charge in [0.2, 0.25) is 0 Å². The Hall–Kier alpha value is -3.12. The van der Waals surface area contributed by atoms with Crippen molar-refractivity contribution in [2.45, 2.75) is 57.1 Å². The van der Waals surface area contributed by atoms with Crippen LogP contribution in [0.3, 0.4) is 0 Å². The molecule has 184 valence electrons. The average Bonchev–Trinajstić information content (AvgIpc) is 2.88. The molecular formula is C29H32ClNO4. The predicted molar refractivity (Wildman–Crippen MR) is 139 cm³/mol. The summed E-state index contributed by atoms with van der Waals surface area (Å²) in [7, 11) is 1.63. The zero-order valence-electron chi connectivity index (χ0n) is 20.3. The van der Waals surface area contributed by atoms with Crippen LogP contribution in [0.15, 0.2) is 42.5 Å². The van der Waals surface area contributed by atoms with E-state index in [2.05, 4.69) is 23.1 Å². The maximum Gasteiger partial charge on any atom is 0.254 e. The highest BCUT2D eigenvalue weighted by Crippen LogP contribution is 2.38. The molecule has 0 spiro atoms. The third-order valence-electron chi connectivity index (χ3n) is 6.06. The van der Waals surface area contributed by atoms with Crippen LogP contribution in [0.1, 0.15) is 62.2 Å². The molecule has 3 atom stereocenters. The standard InChI is InChI=1S/C29H32ClNO4/c1-4-6-9-19-34-26-17-14-22(20-27(26)33-3)24-10-7-8-11-25(24)31-29(32)28(35-18-5-2)21-12-15-23(30)16-13-21/h2,12-17,20,24-25,28H,4,7-8,10-11,18-19H2,1,3H3,(H,31,32)/t24-,25+,28?/m1/s1. The summed E-state index contributed by atoms with van der Waals surface area (Å²) in [5.41, 5.74) is 1.82. The van der Waals surface area contributed by atoms with Crippen LogP contribution in [0.4, 0.5) is 0 Å². The van der Waals surface area contributed by atoms with E-state index < -0.39 is 6.10 Å². The van der Waals surface area contributed by atoms with Gasteiger partial charge in [0, 0.05) is 23.4 Å². The summed E-state index contributed by atoms with van der Waals surface area (Å²) in [5, 5.41) is 3.83. The lowest BCUT2D eigenvalue weighted by atomic mass is 9.79. The van der Waals surface area contributed by atoms with E-state index in [1.807, 2.05) is 25.1 Å². The molecule has 0 saturated heterocycles. The SMILES string of the molecule is C#CCOC(C(=O)N[C@H]1CCCC[C@@H]1c1ccc(OCC#CCC)c(OC)c1)c1ccc(Cl)cc1. The minimum Gasteiger partial charge on any atom is -0.493 e. The molecule has 2 aromatic carbocycles. The van der Waals surface area contributed by atoms with E-state index in [9.17, 15) is 4.79 Å². The number of terminal acetylenes is 1. The topological polar surface area (TPSA) is 56.8 Å². The Morgan fingerprint density at radius 3 is 2.60 bits per heavy atom. The van der Waals surface area contributed by atoms with Crippen molar-refractivity contribution < 1.29 is 19.0 Å². The molecular weight excluding hydrogens is 462 g/mol. The van der Waals surface area contributed by atoms with Crippen molar-refractivity contribution in [2.24, 2.45) is 0 Å². The van der Waals surface area contributed by atoms with Gasteiger partial charge in [-0.3, -0.25) is 4.79 Å². The van der Waals surface area contributed by atoms with Crippen molar-refractivity contribution in [1.82, 2.24) is 5.32 Å². The number of halogens is 1. The lowest BCUT2D eigenvalue weighted by molar-refractivity contribution is -0.133. The number of methoxy groups -OCH3 is 1. The second-order valence-corrected chi connectivity index (χ2v) is 8.80. The van der Waals surface area contributed by atoms with Gasteiger partial charge in [0.05, 0.1) is 7.11 Å². The van der Waals surface area contributed by atoms with Gasteiger partial charge in [-0.05, 0) is 48.2 Å². The third kappa shape index (κ3) is 7.43. The maximum absolute atomic E-state index is 13.3. The zero-order valence-corrected chi connectivity index (χ0v) is 21.1. The molecule has 0 bridgehead atoms. The number of hydrogen-bond acceptors (Lipinski definition) is 4. The molecule has 1 unspecified atom stereocenters. The summed E-state index contributed by atoms with van der Waals surface area (Å²) in [6.07, 6.45) is 9.37. The second kappa shape index (κ2) is 13.7. The van der Waals surface area contributed by atoms with Gasteiger partial charge < -0.3 is 19.5 Å². The van der Waals surface area contributed by atoms with Gasteiger partial charge in [0.25, 0.3) is 5.91 Å². The molecule has 1 aliphatic rings. The van der Waals surface area contributed by atoms with Crippen LogP contribution in [0, 0.1) is 24.2 Å². The van der Waals surface area contributed by atoms with Crippen molar-refractivity contribution in [3.8, 4) is 35.7 Å². The largest absolute Gasteiger partial charge is 0.493 e. The molecule has 1 saturated carbocycles. The summed E-state index contributed by atoms with van der Waals surface area (Å²) in [5.74, 6) is 9.68. The molecule has 1 aliphatic carbocycles. The highest BCUT2D eigenvalue weighted by molar-refractivity contribution is 6.30. The van der Waals surface area contributed by atoms with Crippen LogP contribution in [-0.2, 0) is 9.53 Å². The monoisotopic (exact) mass is 493 g/mol. The number of ether oxygens (including phenoxy) is 3. The first-order valence-electron chi connectivity index (χ1n) is 11.9. The van der Waals surface area contributed by atoms with Crippen molar-refractivity contribution >= 4 is 17.5 Å². The second-order valence-electron chi connectivity index (χ2n) is 8.36. The fourth-order valence-corrected chi connectivity index (χ4v) is 4.50. The van der Waals surface area contributed by atoms with E-state index in [-0.39, 0.29) is 24.5 Å². The summed E-state index contributed by atoms with van der Waals surface area (Å²) < 4.78 is 17.1. The molecule has 6 heteroatoms. The Bertz CT molecular complexity index is 1080. The van der Waals surface area contributed by atoms with E-state index >= 15 is 0 Å². The molecule has 5 nitrogen and oxygen atoms in total. The fourth-order valence-electron chi connectivity index (χ4n) is 4.38. The van der Waals surface area contributed by atoms with Crippen LogP contribution >= 0.6 is 11.6 Å². The Morgan fingerprint density at radius 1 is 1.11 bits per heavy atom. The lowest BCUT2D eigenvalue weighted by Gasteiger charge is -2.34. The first-order chi connectivity index (χ1) is 17.1. The highest BCUT2D eigenvalue weighted by Gasteiger charge is 2.31. The number of nitrogens with one attached hydrogen (secondary N) is 1. The molecule has 1 fully saturated rings.